The zero-order valence-corrected chi connectivity index (χ0v) is 6.53. The molecule has 0 N–H and O–H groups in total. The molecule has 1 atom stereocenters. The van der Waals surface area contributed by atoms with Gasteiger partial charge in [0, 0.05) is 17.8 Å². The largest absolute Gasteiger partial charge is 0.261 e. The Bertz CT molecular complexity index is 212. The van der Waals surface area contributed by atoms with Crippen LogP contribution in [0.5, 0.6) is 0 Å². The van der Waals surface area contributed by atoms with E-state index in [2.05, 4.69) is 23.5 Å². The monoisotopic (exact) mass is 146 g/mol. The molecule has 1 nitrogen and oxygen atoms in total. The maximum atomic E-state index is 4.34. The molecule has 1 heterocycles. The molecular formula is C10H12N. The maximum Gasteiger partial charge on any atom is 0.0434 e. The summed E-state index contributed by atoms with van der Waals surface area (Å²) in [6, 6.07) is 6.17. The van der Waals surface area contributed by atoms with Crippen LogP contribution >= 0.6 is 0 Å². The molecule has 57 valence electrons. The van der Waals surface area contributed by atoms with Crippen molar-refractivity contribution in [2.24, 2.45) is 0 Å². The molecular weight excluding hydrogens is 134 g/mol. The molecule has 0 aromatic carbocycles. The highest BCUT2D eigenvalue weighted by atomic mass is 14.7. The van der Waals surface area contributed by atoms with Gasteiger partial charge in [-0.15, -0.1) is 0 Å². The summed E-state index contributed by atoms with van der Waals surface area (Å²) in [7, 11) is 0. The fourth-order valence-corrected chi connectivity index (χ4v) is 1.64. The van der Waals surface area contributed by atoms with Crippen molar-refractivity contribution in [3.63, 3.8) is 0 Å². The van der Waals surface area contributed by atoms with E-state index < -0.39 is 0 Å². The second-order valence-electron chi connectivity index (χ2n) is 3.05. The molecule has 1 saturated carbocycles. The molecule has 1 aromatic rings. The third-order valence-electron chi connectivity index (χ3n) is 2.28. The number of hydrogen-bond donors (Lipinski definition) is 0. The van der Waals surface area contributed by atoms with Gasteiger partial charge in [0.05, 0.1) is 0 Å². The Morgan fingerprint density at radius 1 is 1.36 bits per heavy atom. The molecule has 1 heteroatoms. The Morgan fingerprint density at radius 3 is 3.00 bits per heavy atom. The molecule has 1 aromatic heterocycles. The van der Waals surface area contributed by atoms with E-state index in [9.17, 15) is 0 Å². The van der Waals surface area contributed by atoms with Crippen molar-refractivity contribution in [1.82, 2.24) is 4.98 Å². The molecule has 2 rings (SSSR count). The molecule has 0 amide bonds. The van der Waals surface area contributed by atoms with E-state index in [0.717, 1.165) is 0 Å². The fraction of sp³-hybridized carbons (Fsp3) is 0.400. The Balaban J connectivity index is 2.16. The SMILES string of the molecule is [CH]1CCC(c2ccccn2)C1. The lowest BCUT2D eigenvalue weighted by atomic mass is 10.0. The standard InChI is InChI=1S/C10H12N/c1-2-6-9(5-1)10-7-3-4-8-11-10/h1,3-4,7-9H,2,5-6H2. The van der Waals surface area contributed by atoms with Gasteiger partial charge in [-0.05, 0) is 37.8 Å². The van der Waals surface area contributed by atoms with Crippen molar-refractivity contribution in [2.45, 2.75) is 25.2 Å². The number of rotatable bonds is 1. The predicted octanol–water partition coefficient (Wildman–Crippen LogP) is 2.55. The van der Waals surface area contributed by atoms with Crippen LogP contribution in [0.3, 0.4) is 0 Å². The smallest absolute Gasteiger partial charge is 0.0434 e. The molecule has 0 saturated heterocycles. The van der Waals surface area contributed by atoms with Crippen molar-refractivity contribution in [1.29, 1.82) is 0 Å². The number of pyridine rings is 1. The second kappa shape index (κ2) is 3.04. The van der Waals surface area contributed by atoms with Crippen molar-refractivity contribution in [3.05, 3.63) is 36.5 Å². The molecule has 1 aliphatic rings. The molecule has 1 unspecified atom stereocenters. The number of nitrogens with zero attached hydrogens (tertiary/aromatic N) is 1. The van der Waals surface area contributed by atoms with E-state index in [1.54, 1.807) is 0 Å². The van der Waals surface area contributed by atoms with Crippen molar-refractivity contribution >= 4 is 0 Å². The molecule has 0 bridgehead atoms. The third kappa shape index (κ3) is 1.42. The van der Waals surface area contributed by atoms with Gasteiger partial charge < -0.3 is 0 Å². The van der Waals surface area contributed by atoms with Crippen LogP contribution in [0.15, 0.2) is 24.4 Å². The van der Waals surface area contributed by atoms with Crippen LogP contribution in [-0.4, -0.2) is 4.98 Å². The minimum atomic E-state index is 0.705. The number of hydrogen-bond acceptors (Lipinski definition) is 1. The molecule has 1 radical (unpaired) electrons. The average Bonchev–Trinajstić information content (AvgIpc) is 2.58. The van der Waals surface area contributed by atoms with Gasteiger partial charge in [0.1, 0.15) is 0 Å². The van der Waals surface area contributed by atoms with E-state index in [4.69, 9.17) is 0 Å². The molecule has 0 spiro atoms. The maximum absolute atomic E-state index is 4.34. The van der Waals surface area contributed by atoms with Gasteiger partial charge in [-0.1, -0.05) is 6.07 Å². The first-order chi connectivity index (χ1) is 5.47. The van der Waals surface area contributed by atoms with Gasteiger partial charge in [-0.3, -0.25) is 4.98 Å². The van der Waals surface area contributed by atoms with Crippen LogP contribution in [0.1, 0.15) is 30.9 Å². The summed E-state index contributed by atoms with van der Waals surface area (Å²) < 4.78 is 0. The van der Waals surface area contributed by atoms with Gasteiger partial charge in [0.2, 0.25) is 0 Å². The molecule has 11 heavy (non-hydrogen) atoms. The summed E-state index contributed by atoms with van der Waals surface area (Å²) >= 11 is 0. The Labute approximate surface area is 67.5 Å². The summed E-state index contributed by atoms with van der Waals surface area (Å²) in [4.78, 5) is 4.34. The number of aromatic nitrogens is 1. The van der Waals surface area contributed by atoms with Crippen LogP contribution in [0.25, 0.3) is 0 Å². The van der Waals surface area contributed by atoms with Crippen LogP contribution in [0, 0.1) is 6.42 Å². The highest BCUT2D eigenvalue weighted by molar-refractivity contribution is 5.12. The van der Waals surface area contributed by atoms with Crippen molar-refractivity contribution in [3.8, 4) is 0 Å². The highest BCUT2D eigenvalue weighted by Gasteiger charge is 2.17. The first-order valence-electron chi connectivity index (χ1n) is 4.19. The quantitative estimate of drug-likeness (QED) is 0.593. The lowest BCUT2D eigenvalue weighted by Crippen LogP contribution is -1.94. The van der Waals surface area contributed by atoms with E-state index in [0.29, 0.717) is 5.92 Å². The Morgan fingerprint density at radius 2 is 2.36 bits per heavy atom. The van der Waals surface area contributed by atoms with Gasteiger partial charge in [0.25, 0.3) is 0 Å². The minimum absolute atomic E-state index is 0.705. The minimum Gasteiger partial charge on any atom is -0.261 e. The lowest BCUT2D eigenvalue weighted by Gasteiger charge is -2.05. The van der Waals surface area contributed by atoms with E-state index in [-0.39, 0.29) is 0 Å². The Hall–Kier alpha value is -0.850. The zero-order chi connectivity index (χ0) is 7.52. The zero-order valence-electron chi connectivity index (χ0n) is 6.53. The van der Waals surface area contributed by atoms with Crippen LogP contribution in [0.4, 0.5) is 0 Å². The summed E-state index contributed by atoms with van der Waals surface area (Å²) in [6.45, 7) is 0. The van der Waals surface area contributed by atoms with Crippen molar-refractivity contribution < 1.29 is 0 Å². The summed E-state index contributed by atoms with van der Waals surface area (Å²) in [5, 5.41) is 0. The van der Waals surface area contributed by atoms with Crippen LogP contribution in [-0.2, 0) is 0 Å². The first-order valence-corrected chi connectivity index (χ1v) is 4.19. The highest BCUT2D eigenvalue weighted by Crippen LogP contribution is 2.31. The van der Waals surface area contributed by atoms with E-state index in [1.807, 2.05) is 12.3 Å². The summed E-state index contributed by atoms with van der Waals surface area (Å²) in [5.74, 6) is 0.705. The van der Waals surface area contributed by atoms with Crippen LogP contribution < -0.4 is 0 Å². The normalized spacial score (nSPS) is 18.9. The Kier molecular flexibility index (Phi) is 1.89. The summed E-state index contributed by atoms with van der Waals surface area (Å²) in [6.07, 6.45) is 8.02. The van der Waals surface area contributed by atoms with Crippen LogP contribution in [0.2, 0.25) is 0 Å². The lowest BCUT2D eigenvalue weighted by molar-refractivity contribution is 0.704. The third-order valence-corrected chi connectivity index (χ3v) is 2.28. The molecule has 1 fully saturated rings. The molecule has 0 aliphatic heterocycles. The average molecular weight is 146 g/mol. The second-order valence-corrected chi connectivity index (χ2v) is 3.05. The van der Waals surface area contributed by atoms with E-state index in [1.165, 1.54) is 25.0 Å². The summed E-state index contributed by atoms with van der Waals surface area (Å²) in [5.41, 5.74) is 1.27. The molecule has 1 aliphatic carbocycles. The fourth-order valence-electron chi connectivity index (χ4n) is 1.64. The van der Waals surface area contributed by atoms with Gasteiger partial charge in [0.15, 0.2) is 0 Å². The first kappa shape index (κ1) is 6.84. The predicted molar refractivity (Wildman–Crippen MR) is 45.1 cm³/mol. The van der Waals surface area contributed by atoms with E-state index >= 15 is 0 Å². The topological polar surface area (TPSA) is 12.9 Å². The van der Waals surface area contributed by atoms with Gasteiger partial charge in [-0.2, -0.15) is 0 Å². The van der Waals surface area contributed by atoms with Gasteiger partial charge in [-0.25, -0.2) is 0 Å². The van der Waals surface area contributed by atoms with Gasteiger partial charge >= 0.3 is 0 Å². The van der Waals surface area contributed by atoms with Crippen molar-refractivity contribution in [2.75, 3.05) is 0 Å².